The summed E-state index contributed by atoms with van der Waals surface area (Å²) in [6.45, 7) is 19.2. The Hall–Kier alpha value is -0.610. The Bertz CT molecular complexity index is 197. The summed E-state index contributed by atoms with van der Waals surface area (Å²) in [6, 6.07) is 0. The summed E-state index contributed by atoms with van der Waals surface area (Å²) in [5.41, 5.74) is 0. The van der Waals surface area contributed by atoms with Gasteiger partial charge < -0.3 is 14.4 Å². The van der Waals surface area contributed by atoms with Crippen molar-refractivity contribution in [3.05, 3.63) is 0 Å². The summed E-state index contributed by atoms with van der Waals surface area (Å²) in [4.78, 5) is 12.7. The van der Waals surface area contributed by atoms with E-state index in [0.29, 0.717) is 0 Å². The molecule has 0 N–H and O–H groups in total. The molecule has 0 aromatic rings. The number of hydrogen-bond donors (Lipinski definition) is 0. The second-order valence-corrected chi connectivity index (χ2v) is 4.98. The summed E-state index contributed by atoms with van der Waals surface area (Å²) in [5.74, 6) is 0.198. The standard InChI is InChI=1S/C8H17NO.C6H14O2.C4H10/c1-4-6-9(7-5-2)8(3)10;1-4-7-6(3)8-5-2;1-3-4-2/h4-7H2,1-3H3;6H,4-5H2,1-3H3;3-4H2,1-2H3. The molecular weight excluding hydrogens is 278 g/mol. The smallest absolute Gasteiger partial charge is 0.219 e. The van der Waals surface area contributed by atoms with E-state index in [1.54, 1.807) is 6.92 Å². The molecule has 0 aromatic heterocycles. The first-order valence-corrected chi connectivity index (χ1v) is 8.93. The molecule has 4 nitrogen and oxygen atoms in total. The molecule has 136 valence electrons. The average molecular weight is 320 g/mol. The molecule has 0 aliphatic carbocycles. The van der Waals surface area contributed by atoms with Crippen molar-refractivity contribution in [2.24, 2.45) is 0 Å². The van der Waals surface area contributed by atoms with Crippen LogP contribution < -0.4 is 0 Å². The van der Waals surface area contributed by atoms with Gasteiger partial charge in [0.15, 0.2) is 6.29 Å². The maximum atomic E-state index is 10.8. The molecule has 0 unspecified atom stereocenters. The number of carbonyl (C=O) groups excluding carboxylic acids is 1. The van der Waals surface area contributed by atoms with Crippen LogP contribution in [-0.2, 0) is 14.3 Å². The molecule has 0 heterocycles. The van der Waals surface area contributed by atoms with Crippen LogP contribution in [0.25, 0.3) is 0 Å². The first-order valence-electron chi connectivity index (χ1n) is 8.93. The van der Waals surface area contributed by atoms with Gasteiger partial charge in [0.05, 0.1) is 0 Å². The van der Waals surface area contributed by atoms with Crippen molar-refractivity contribution in [3.8, 4) is 0 Å². The van der Waals surface area contributed by atoms with Crippen molar-refractivity contribution >= 4 is 5.91 Å². The molecule has 0 aliphatic heterocycles. The van der Waals surface area contributed by atoms with Crippen molar-refractivity contribution in [2.45, 2.75) is 87.4 Å². The van der Waals surface area contributed by atoms with E-state index in [1.807, 2.05) is 25.7 Å². The highest BCUT2D eigenvalue weighted by atomic mass is 16.7. The second kappa shape index (κ2) is 22.7. The van der Waals surface area contributed by atoms with Crippen molar-refractivity contribution in [1.82, 2.24) is 4.90 Å². The SMILES string of the molecule is CCCC.CCCN(CCC)C(C)=O.CCOC(C)OCC. The topological polar surface area (TPSA) is 38.8 Å². The van der Waals surface area contributed by atoms with Crippen LogP contribution in [0.5, 0.6) is 0 Å². The van der Waals surface area contributed by atoms with Crippen molar-refractivity contribution in [3.63, 3.8) is 0 Å². The molecule has 0 saturated carbocycles. The molecule has 0 aliphatic rings. The molecule has 1 amide bonds. The Kier molecular flexibility index (Phi) is 27.1. The third-order valence-electron chi connectivity index (χ3n) is 2.74. The maximum Gasteiger partial charge on any atom is 0.219 e. The molecule has 0 saturated heterocycles. The fourth-order valence-corrected chi connectivity index (χ4v) is 1.48. The fourth-order valence-electron chi connectivity index (χ4n) is 1.48. The monoisotopic (exact) mass is 319 g/mol. The zero-order valence-corrected chi connectivity index (χ0v) is 16.4. The lowest BCUT2D eigenvalue weighted by molar-refractivity contribution is -0.128. The van der Waals surface area contributed by atoms with Crippen LogP contribution in [0.2, 0.25) is 0 Å². The molecule has 22 heavy (non-hydrogen) atoms. The maximum absolute atomic E-state index is 10.8. The number of unbranched alkanes of at least 4 members (excludes halogenated alkanes) is 1. The largest absolute Gasteiger partial charge is 0.353 e. The summed E-state index contributed by atoms with van der Waals surface area (Å²) in [7, 11) is 0. The van der Waals surface area contributed by atoms with Crippen LogP contribution in [0, 0.1) is 0 Å². The third kappa shape index (κ3) is 24.4. The highest BCUT2D eigenvalue weighted by Crippen LogP contribution is 1.93. The minimum Gasteiger partial charge on any atom is -0.353 e. The number of nitrogens with zero attached hydrogens (tertiary/aromatic N) is 1. The third-order valence-corrected chi connectivity index (χ3v) is 2.74. The Morgan fingerprint density at radius 1 is 0.818 bits per heavy atom. The summed E-state index contributed by atoms with van der Waals surface area (Å²) >= 11 is 0. The van der Waals surface area contributed by atoms with Gasteiger partial charge >= 0.3 is 0 Å². The van der Waals surface area contributed by atoms with E-state index in [0.717, 1.165) is 39.1 Å². The molecule has 0 aromatic carbocycles. The Labute approximate surface area is 139 Å². The van der Waals surface area contributed by atoms with Crippen molar-refractivity contribution in [2.75, 3.05) is 26.3 Å². The van der Waals surface area contributed by atoms with Gasteiger partial charge in [-0.05, 0) is 33.6 Å². The van der Waals surface area contributed by atoms with Crippen LogP contribution in [0.3, 0.4) is 0 Å². The van der Waals surface area contributed by atoms with Gasteiger partial charge in [0.25, 0.3) is 0 Å². The number of amides is 1. The van der Waals surface area contributed by atoms with Gasteiger partial charge in [-0.25, -0.2) is 0 Å². The van der Waals surface area contributed by atoms with E-state index in [1.165, 1.54) is 12.8 Å². The molecule has 0 fully saturated rings. The summed E-state index contributed by atoms with van der Waals surface area (Å²) < 4.78 is 10.1. The predicted octanol–water partition coefficient (Wildman–Crippen LogP) is 4.87. The molecule has 0 bridgehead atoms. The van der Waals surface area contributed by atoms with Gasteiger partial charge in [0.1, 0.15) is 0 Å². The Morgan fingerprint density at radius 3 is 1.36 bits per heavy atom. The van der Waals surface area contributed by atoms with Crippen LogP contribution >= 0.6 is 0 Å². The van der Waals surface area contributed by atoms with Gasteiger partial charge in [0, 0.05) is 33.2 Å². The number of ether oxygens (including phenoxy) is 2. The first kappa shape index (κ1) is 26.3. The second-order valence-electron chi connectivity index (χ2n) is 4.98. The minimum atomic E-state index is -0.0370. The highest BCUT2D eigenvalue weighted by molar-refractivity contribution is 5.73. The Morgan fingerprint density at radius 2 is 1.18 bits per heavy atom. The summed E-state index contributed by atoms with van der Waals surface area (Å²) in [6.07, 6.45) is 4.71. The molecular formula is C18H41NO3. The first-order chi connectivity index (χ1) is 10.4. The van der Waals surface area contributed by atoms with E-state index < -0.39 is 0 Å². The van der Waals surface area contributed by atoms with E-state index in [-0.39, 0.29) is 12.2 Å². The number of rotatable bonds is 9. The molecule has 0 spiro atoms. The molecule has 0 radical (unpaired) electrons. The van der Waals surface area contributed by atoms with Crippen LogP contribution in [0.4, 0.5) is 0 Å². The van der Waals surface area contributed by atoms with Crippen LogP contribution in [0.1, 0.15) is 81.1 Å². The zero-order valence-electron chi connectivity index (χ0n) is 16.4. The zero-order chi connectivity index (χ0) is 17.8. The molecule has 0 rings (SSSR count). The van der Waals surface area contributed by atoms with Gasteiger partial charge in [-0.15, -0.1) is 0 Å². The molecule has 4 heteroatoms. The van der Waals surface area contributed by atoms with Crippen LogP contribution in [-0.4, -0.2) is 43.4 Å². The summed E-state index contributed by atoms with van der Waals surface area (Å²) in [5, 5.41) is 0. The quantitative estimate of drug-likeness (QED) is 0.569. The number of carbonyl (C=O) groups is 1. The van der Waals surface area contributed by atoms with Crippen LogP contribution in [0.15, 0.2) is 0 Å². The van der Waals surface area contributed by atoms with Gasteiger partial charge in [0.2, 0.25) is 5.91 Å². The van der Waals surface area contributed by atoms with E-state index >= 15 is 0 Å². The average Bonchev–Trinajstić information content (AvgIpc) is 2.48. The molecule has 0 atom stereocenters. The lowest BCUT2D eigenvalue weighted by Crippen LogP contribution is -2.29. The highest BCUT2D eigenvalue weighted by Gasteiger charge is 2.03. The predicted molar refractivity (Wildman–Crippen MR) is 96.1 cm³/mol. The van der Waals surface area contributed by atoms with E-state index in [9.17, 15) is 4.79 Å². The fraction of sp³-hybridized carbons (Fsp3) is 0.944. The normalized spacial score (nSPS) is 9.50. The van der Waals surface area contributed by atoms with Crippen molar-refractivity contribution < 1.29 is 14.3 Å². The Balaban J connectivity index is -0.000000269. The van der Waals surface area contributed by atoms with E-state index in [2.05, 4.69) is 27.7 Å². The lowest BCUT2D eigenvalue weighted by atomic mass is 10.3. The van der Waals surface area contributed by atoms with Gasteiger partial charge in [-0.2, -0.15) is 0 Å². The number of hydrogen-bond acceptors (Lipinski definition) is 3. The van der Waals surface area contributed by atoms with Gasteiger partial charge in [-0.3, -0.25) is 4.79 Å². The van der Waals surface area contributed by atoms with Crippen molar-refractivity contribution in [1.29, 1.82) is 0 Å². The minimum absolute atomic E-state index is 0.0370. The van der Waals surface area contributed by atoms with Gasteiger partial charge in [-0.1, -0.05) is 40.5 Å². The van der Waals surface area contributed by atoms with E-state index in [4.69, 9.17) is 9.47 Å². The lowest BCUT2D eigenvalue weighted by Gasteiger charge is -2.18.